The number of aromatic nitrogens is 1. The Balaban J connectivity index is 2.86. The van der Waals surface area contributed by atoms with Crippen LogP contribution >= 0.6 is 11.6 Å². The van der Waals surface area contributed by atoms with E-state index < -0.39 is 10.9 Å². The van der Waals surface area contributed by atoms with E-state index in [1.807, 2.05) is 0 Å². The van der Waals surface area contributed by atoms with Gasteiger partial charge in [-0.3, -0.25) is 10.1 Å². The van der Waals surface area contributed by atoms with Crippen LogP contribution in [0, 0.1) is 16.1 Å². The van der Waals surface area contributed by atoms with Gasteiger partial charge in [-0.1, -0.05) is 11.6 Å². The van der Waals surface area contributed by atoms with E-state index in [0.717, 1.165) is 6.20 Å². The largest absolute Gasteiger partial charge is 0.370 e. The van der Waals surface area contributed by atoms with Gasteiger partial charge in [-0.05, 0) is 12.1 Å². The van der Waals surface area contributed by atoms with E-state index in [9.17, 15) is 14.5 Å². The predicted octanol–water partition coefficient (Wildman–Crippen LogP) is 1.60. The molecule has 1 rings (SSSR count). The molecule has 0 saturated carbocycles. The van der Waals surface area contributed by atoms with Crippen LogP contribution in [0.25, 0.3) is 0 Å². The minimum atomic E-state index is -0.689. The molecule has 8 heteroatoms. The highest BCUT2D eigenvalue weighted by atomic mass is 35.5. The van der Waals surface area contributed by atoms with Gasteiger partial charge in [0.2, 0.25) is 5.95 Å². The summed E-state index contributed by atoms with van der Waals surface area (Å²) in [5.41, 5.74) is 0.298. The molecule has 1 N–H and O–H groups in total. The van der Waals surface area contributed by atoms with Crippen molar-refractivity contribution in [1.29, 1.82) is 0 Å². The van der Waals surface area contributed by atoms with Crippen LogP contribution in [-0.2, 0) is 6.54 Å². The molecule has 0 amide bonds. The van der Waals surface area contributed by atoms with E-state index in [-0.39, 0.29) is 17.5 Å². The molecule has 18 heavy (non-hydrogen) atoms. The van der Waals surface area contributed by atoms with Crippen molar-refractivity contribution in [3.05, 3.63) is 50.9 Å². The molecule has 0 aliphatic carbocycles. The van der Waals surface area contributed by atoms with Crippen molar-refractivity contribution in [1.82, 2.24) is 15.2 Å². The number of hydrogen-bond acceptors (Lipinski definition) is 5. The first kappa shape index (κ1) is 14.2. The van der Waals surface area contributed by atoms with E-state index in [4.69, 9.17) is 11.6 Å². The molecular formula is C10H12ClFN4O2. The molecule has 0 aromatic carbocycles. The maximum Gasteiger partial charge on any atom is 0.274 e. The second kappa shape index (κ2) is 6.15. The molecule has 0 aliphatic rings. The normalized spacial score (nSPS) is 11.2. The lowest BCUT2D eigenvalue weighted by atomic mass is 10.2. The summed E-state index contributed by atoms with van der Waals surface area (Å²) in [4.78, 5) is 14.8. The summed E-state index contributed by atoms with van der Waals surface area (Å²) < 4.78 is 13.4. The van der Waals surface area contributed by atoms with E-state index in [2.05, 4.69) is 10.3 Å². The Morgan fingerprint density at radius 3 is 2.89 bits per heavy atom. The van der Waals surface area contributed by atoms with Gasteiger partial charge in [0.1, 0.15) is 5.15 Å². The number of halogens is 2. The highest BCUT2D eigenvalue weighted by Gasteiger charge is 2.11. The smallest absolute Gasteiger partial charge is 0.274 e. The molecule has 0 radical (unpaired) electrons. The Bertz CT molecular complexity index is 481. The maximum absolute atomic E-state index is 13.4. The van der Waals surface area contributed by atoms with Crippen LogP contribution in [-0.4, -0.2) is 28.9 Å². The molecule has 6 nitrogen and oxygen atoms in total. The SMILES string of the molecule is CN/C(=C\[N+](=O)[O-])N(C)Cc1ccc(Cl)nc1F. The van der Waals surface area contributed by atoms with Crippen LogP contribution in [0.4, 0.5) is 4.39 Å². The van der Waals surface area contributed by atoms with Crippen molar-refractivity contribution < 1.29 is 9.31 Å². The van der Waals surface area contributed by atoms with Crippen LogP contribution in [0.1, 0.15) is 5.56 Å². The van der Waals surface area contributed by atoms with E-state index in [0.29, 0.717) is 5.56 Å². The van der Waals surface area contributed by atoms with Gasteiger partial charge in [0.25, 0.3) is 6.20 Å². The van der Waals surface area contributed by atoms with Crippen molar-refractivity contribution in [2.45, 2.75) is 6.54 Å². The average Bonchev–Trinajstić information content (AvgIpc) is 2.29. The molecule has 0 bridgehead atoms. The van der Waals surface area contributed by atoms with Crippen molar-refractivity contribution >= 4 is 11.6 Å². The first-order valence-corrected chi connectivity index (χ1v) is 5.37. The van der Waals surface area contributed by atoms with Gasteiger partial charge < -0.3 is 10.2 Å². The number of nitrogens with zero attached hydrogens (tertiary/aromatic N) is 3. The lowest BCUT2D eigenvalue weighted by Gasteiger charge is -2.20. The van der Waals surface area contributed by atoms with Crippen molar-refractivity contribution in [3.8, 4) is 0 Å². The van der Waals surface area contributed by atoms with Crippen LogP contribution in [0.2, 0.25) is 5.15 Å². The second-order valence-corrected chi connectivity index (χ2v) is 3.88. The van der Waals surface area contributed by atoms with Gasteiger partial charge >= 0.3 is 0 Å². The third-order valence-electron chi connectivity index (χ3n) is 2.19. The summed E-state index contributed by atoms with van der Waals surface area (Å²) in [6.07, 6.45) is 0.807. The Morgan fingerprint density at radius 2 is 2.39 bits per heavy atom. The van der Waals surface area contributed by atoms with Crippen LogP contribution in [0.5, 0.6) is 0 Å². The minimum absolute atomic E-state index is 0.0635. The van der Waals surface area contributed by atoms with Crippen LogP contribution < -0.4 is 5.32 Å². The van der Waals surface area contributed by atoms with Crippen molar-refractivity contribution in [3.63, 3.8) is 0 Å². The van der Waals surface area contributed by atoms with Gasteiger partial charge in [-0.25, -0.2) is 4.98 Å². The monoisotopic (exact) mass is 274 g/mol. The standard InChI is InChI=1S/C10H12ClFN4O2/c1-13-9(6-16(17)18)15(2)5-7-3-4-8(11)14-10(7)12/h3-4,6,13H,5H2,1-2H3/b9-6+. The Labute approximate surface area is 108 Å². The fourth-order valence-corrected chi connectivity index (χ4v) is 1.49. The molecular weight excluding hydrogens is 263 g/mol. The van der Waals surface area contributed by atoms with Gasteiger partial charge in [-0.2, -0.15) is 4.39 Å². The summed E-state index contributed by atoms with van der Waals surface area (Å²) in [5, 5.41) is 13.1. The van der Waals surface area contributed by atoms with Gasteiger partial charge in [0.05, 0.1) is 4.92 Å². The van der Waals surface area contributed by atoms with E-state index in [1.54, 1.807) is 14.1 Å². The first-order valence-electron chi connectivity index (χ1n) is 4.99. The highest BCUT2D eigenvalue weighted by molar-refractivity contribution is 6.29. The number of rotatable bonds is 5. The van der Waals surface area contributed by atoms with Crippen LogP contribution in [0.3, 0.4) is 0 Å². The summed E-state index contributed by atoms with van der Waals surface area (Å²) in [7, 11) is 3.14. The van der Waals surface area contributed by atoms with Crippen molar-refractivity contribution in [2.24, 2.45) is 0 Å². The Hall–Kier alpha value is -1.89. The molecule has 0 spiro atoms. The number of pyridine rings is 1. The molecule has 0 aliphatic heterocycles. The van der Waals surface area contributed by atoms with Crippen LogP contribution in [0.15, 0.2) is 24.2 Å². The minimum Gasteiger partial charge on any atom is -0.370 e. The molecule has 1 aromatic rings. The zero-order valence-electron chi connectivity index (χ0n) is 9.85. The van der Waals surface area contributed by atoms with Gasteiger partial charge in [-0.15, -0.1) is 0 Å². The Morgan fingerprint density at radius 1 is 1.72 bits per heavy atom. The zero-order valence-corrected chi connectivity index (χ0v) is 10.6. The molecule has 1 aromatic heterocycles. The number of hydrogen-bond donors (Lipinski definition) is 1. The first-order chi connectivity index (χ1) is 8.43. The summed E-state index contributed by atoms with van der Waals surface area (Å²) in [6.45, 7) is 0.135. The highest BCUT2D eigenvalue weighted by Crippen LogP contribution is 2.13. The molecule has 0 saturated heterocycles. The van der Waals surface area contributed by atoms with Gasteiger partial charge in [0, 0.05) is 26.2 Å². The third-order valence-corrected chi connectivity index (χ3v) is 2.41. The molecule has 98 valence electrons. The van der Waals surface area contributed by atoms with E-state index in [1.165, 1.54) is 17.0 Å². The zero-order chi connectivity index (χ0) is 13.7. The van der Waals surface area contributed by atoms with Gasteiger partial charge in [0.15, 0.2) is 5.82 Å². The lowest BCUT2D eigenvalue weighted by Crippen LogP contribution is -2.27. The number of nitro groups is 1. The Kier molecular flexibility index (Phi) is 4.85. The third kappa shape index (κ3) is 3.85. The molecule has 1 heterocycles. The lowest BCUT2D eigenvalue weighted by molar-refractivity contribution is -0.404. The van der Waals surface area contributed by atoms with Crippen molar-refractivity contribution in [2.75, 3.05) is 14.1 Å². The number of nitrogens with one attached hydrogen (secondary N) is 1. The fourth-order valence-electron chi connectivity index (χ4n) is 1.35. The molecule has 0 unspecified atom stereocenters. The molecule has 0 fully saturated rings. The van der Waals surface area contributed by atoms with E-state index >= 15 is 0 Å². The summed E-state index contributed by atoms with van der Waals surface area (Å²) in [5.74, 6) is -0.430. The second-order valence-electron chi connectivity index (χ2n) is 3.49. The fraction of sp³-hybridized carbons (Fsp3) is 0.300. The topological polar surface area (TPSA) is 71.3 Å². The maximum atomic E-state index is 13.4. The predicted molar refractivity (Wildman–Crippen MR) is 64.8 cm³/mol. The summed E-state index contributed by atoms with van der Waals surface area (Å²) >= 11 is 5.53. The quantitative estimate of drug-likeness (QED) is 0.502. The summed E-state index contributed by atoms with van der Waals surface area (Å²) in [6, 6.07) is 2.95. The average molecular weight is 275 g/mol. The molecule has 0 atom stereocenters.